The molecule has 1 rings (SSSR count). The summed E-state index contributed by atoms with van der Waals surface area (Å²) in [5, 5.41) is 32.1. The van der Waals surface area contributed by atoms with E-state index in [0.717, 1.165) is 38.5 Å². The number of aliphatic carboxylic acids is 2. The number of benzene rings is 1. The molecule has 5 N–H and O–H groups in total. The summed E-state index contributed by atoms with van der Waals surface area (Å²) in [4.78, 5) is 57.2. The Balaban J connectivity index is 2.08. The van der Waals surface area contributed by atoms with Crippen molar-refractivity contribution in [2.24, 2.45) is 5.92 Å². The Morgan fingerprint density at radius 1 is 0.769 bits per heavy atom. The van der Waals surface area contributed by atoms with Gasteiger partial charge in [0.2, 0.25) is 11.8 Å². The number of amides is 2. The second kappa shape index (κ2) is 19.4. The third-order valence-electron chi connectivity index (χ3n) is 6.25. The summed E-state index contributed by atoms with van der Waals surface area (Å²) in [5.41, 5.74) is 0.221. The SMILES string of the molecule is C[C@@H](CCCCNC(=O)C[C@H](NC(=O)CCCCCCCCCOc1ccc(C(=O)O)cc1)C(=O)O)C(=O)O. The quantitative estimate of drug-likeness (QED) is 0.134. The van der Waals surface area contributed by atoms with Crippen molar-refractivity contribution in [3.63, 3.8) is 0 Å². The average Bonchev–Trinajstić information content (AvgIpc) is 2.89. The van der Waals surface area contributed by atoms with Gasteiger partial charge in [-0.3, -0.25) is 14.4 Å². The lowest BCUT2D eigenvalue weighted by Crippen LogP contribution is -2.44. The number of aromatic carboxylic acids is 1. The van der Waals surface area contributed by atoms with Crippen LogP contribution in [0.25, 0.3) is 0 Å². The van der Waals surface area contributed by atoms with Crippen LogP contribution in [0.4, 0.5) is 0 Å². The molecule has 0 radical (unpaired) electrons. The summed E-state index contributed by atoms with van der Waals surface area (Å²) in [6, 6.07) is 5.01. The zero-order chi connectivity index (χ0) is 29.0. The smallest absolute Gasteiger partial charge is 0.335 e. The lowest BCUT2D eigenvalue weighted by atomic mass is 10.0. The minimum atomic E-state index is -1.29. The Morgan fingerprint density at radius 2 is 1.38 bits per heavy atom. The zero-order valence-electron chi connectivity index (χ0n) is 22.7. The molecule has 1 aromatic carbocycles. The molecule has 0 unspecified atom stereocenters. The largest absolute Gasteiger partial charge is 0.494 e. The molecule has 218 valence electrons. The van der Waals surface area contributed by atoms with Gasteiger partial charge in [0.15, 0.2) is 0 Å². The van der Waals surface area contributed by atoms with Crippen LogP contribution in [0.1, 0.15) is 94.3 Å². The minimum absolute atomic E-state index is 0.196. The molecule has 11 heteroatoms. The predicted molar refractivity (Wildman–Crippen MR) is 144 cm³/mol. The number of ether oxygens (including phenoxy) is 1. The number of rotatable bonds is 22. The van der Waals surface area contributed by atoms with Crippen molar-refractivity contribution in [3.05, 3.63) is 29.8 Å². The van der Waals surface area contributed by atoms with Gasteiger partial charge in [0.05, 0.1) is 24.5 Å². The Bertz CT molecular complexity index is 918. The molecule has 0 spiro atoms. The van der Waals surface area contributed by atoms with Crippen LogP contribution in [-0.2, 0) is 19.2 Å². The van der Waals surface area contributed by atoms with Gasteiger partial charge in [0.1, 0.15) is 11.8 Å². The highest BCUT2D eigenvalue weighted by Gasteiger charge is 2.23. The molecule has 39 heavy (non-hydrogen) atoms. The van der Waals surface area contributed by atoms with Crippen LogP contribution in [0.2, 0.25) is 0 Å². The lowest BCUT2D eigenvalue weighted by Gasteiger charge is -2.14. The van der Waals surface area contributed by atoms with Crippen LogP contribution in [0.3, 0.4) is 0 Å². The standard InChI is InChI=1S/C28H42N2O9/c1-20(26(33)34)11-8-9-17-29-25(32)19-23(28(37)38)30-24(31)12-7-5-3-2-4-6-10-18-39-22-15-13-21(14-16-22)27(35)36/h13-16,20,23H,2-12,17-19H2,1H3,(H,29,32)(H,30,31)(H,33,34)(H,35,36)(H,37,38)/t20-,23-/m0/s1. The first-order valence-corrected chi connectivity index (χ1v) is 13.6. The summed E-state index contributed by atoms with van der Waals surface area (Å²) in [6.45, 7) is 2.50. The van der Waals surface area contributed by atoms with E-state index in [4.69, 9.17) is 14.9 Å². The van der Waals surface area contributed by atoms with Gasteiger partial charge in [-0.1, -0.05) is 45.4 Å². The maximum Gasteiger partial charge on any atom is 0.335 e. The highest BCUT2D eigenvalue weighted by atomic mass is 16.5. The third kappa shape index (κ3) is 16.0. The molecule has 0 bridgehead atoms. The Hall–Kier alpha value is -3.63. The highest BCUT2D eigenvalue weighted by Crippen LogP contribution is 2.14. The minimum Gasteiger partial charge on any atom is -0.494 e. The van der Waals surface area contributed by atoms with E-state index in [1.54, 1.807) is 19.1 Å². The molecule has 0 aliphatic heterocycles. The molecule has 1 aromatic rings. The Kier molecular flexibility index (Phi) is 16.6. The zero-order valence-corrected chi connectivity index (χ0v) is 22.7. The van der Waals surface area contributed by atoms with E-state index in [1.165, 1.54) is 12.1 Å². The maximum atomic E-state index is 12.1. The van der Waals surface area contributed by atoms with E-state index in [2.05, 4.69) is 10.6 Å². The Labute approximate surface area is 229 Å². The van der Waals surface area contributed by atoms with Gasteiger partial charge in [0.25, 0.3) is 0 Å². The number of unbranched alkanes of at least 4 members (excludes halogenated alkanes) is 7. The fourth-order valence-electron chi connectivity index (χ4n) is 3.81. The van der Waals surface area contributed by atoms with E-state index >= 15 is 0 Å². The molecule has 0 heterocycles. The predicted octanol–water partition coefficient (Wildman–Crippen LogP) is 3.85. The van der Waals surface area contributed by atoms with Crippen LogP contribution < -0.4 is 15.4 Å². The third-order valence-corrected chi connectivity index (χ3v) is 6.25. The van der Waals surface area contributed by atoms with Crippen molar-refractivity contribution in [2.75, 3.05) is 13.2 Å². The van der Waals surface area contributed by atoms with E-state index in [0.29, 0.717) is 44.6 Å². The normalized spacial score (nSPS) is 12.2. The van der Waals surface area contributed by atoms with Gasteiger partial charge in [-0.25, -0.2) is 9.59 Å². The van der Waals surface area contributed by atoms with Crippen LogP contribution in [0.15, 0.2) is 24.3 Å². The first kappa shape index (κ1) is 33.4. The van der Waals surface area contributed by atoms with Crippen molar-refractivity contribution in [3.8, 4) is 5.75 Å². The molecule has 11 nitrogen and oxygen atoms in total. The van der Waals surface area contributed by atoms with E-state index in [9.17, 15) is 29.1 Å². The van der Waals surface area contributed by atoms with Crippen LogP contribution in [0, 0.1) is 5.92 Å². The summed E-state index contributed by atoms with van der Waals surface area (Å²) in [7, 11) is 0. The van der Waals surface area contributed by atoms with Gasteiger partial charge >= 0.3 is 17.9 Å². The van der Waals surface area contributed by atoms with Crippen molar-refractivity contribution in [1.82, 2.24) is 10.6 Å². The Morgan fingerprint density at radius 3 is 1.97 bits per heavy atom. The molecule has 0 aliphatic carbocycles. The van der Waals surface area contributed by atoms with Crippen molar-refractivity contribution >= 4 is 29.7 Å². The molecule has 0 aromatic heterocycles. The fourth-order valence-corrected chi connectivity index (χ4v) is 3.81. The molecular formula is C28H42N2O9. The van der Waals surface area contributed by atoms with Crippen molar-refractivity contribution in [2.45, 2.75) is 90.0 Å². The van der Waals surface area contributed by atoms with Gasteiger partial charge in [-0.15, -0.1) is 0 Å². The van der Waals surface area contributed by atoms with Crippen LogP contribution >= 0.6 is 0 Å². The number of carboxylic acid groups (broad SMARTS) is 3. The molecule has 0 saturated heterocycles. The lowest BCUT2D eigenvalue weighted by molar-refractivity contribution is -0.143. The van der Waals surface area contributed by atoms with E-state index in [1.807, 2.05) is 0 Å². The number of hydrogen-bond acceptors (Lipinski definition) is 6. The van der Waals surface area contributed by atoms with Crippen LogP contribution in [-0.4, -0.2) is 64.2 Å². The number of carboxylic acids is 3. The number of hydrogen-bond donors (Lipinski definition) is 5. The summed E-state index contributed by atoms with van der Waals surface area (Å²) < 4.78 is 5.61. The van der Waals surface area contributed by atoms with Gasteiger partial charge in [-0.05, 0) is 49.9 Å². The number of carbonyl (C=O) groups excluding carboxylic acids is 2. The number of carbonyl (C=O) groups is 5. The fraction of sp³-hybridized carbons (Fsp3) is 0.607. The molecule has 0 saturated carbocycles. The molecule has 0 fully saturated rings. The highest BCUT2D eigenvalue weighted by molar-refractivity contribution is 5.88. The first-order chi connectivity index (χ1) is 18.6. The van der Waals surface area contributed by atoms with Gasteiger partial charge < -0.3 is 30.7 Å². The van der Waals surface area contributed by atoms with Crippen molar-refractivity contribution < 1.29 is 44.0 Å². The molecular weight excluding hydrogens is 508 g/mol. The average molecular weight is 551 g/mol. The van der Waals surface area contributed by atoms with Gasteiger partial charge in [0, 0.05) is 13.0 Å². The van der Waals surface area contributed by atoms with E-state index in [-0.39, 0.29) is 18.4 Å². The first-order valence-electron chi connectivity index (χ1n) is 13.6. The molecule has 2 amide bonds. The monoisotopic (exact) mass is 550 g/mol. The number of nitrogens with one attached hydrogen (secondary N) is 2. The van der Waals surface area contributed by atoms with Crippen LogP contribution in [0.5, 0.6) is 5.75 Å². The topological polar surface area (TPSA) is 179 Å². The molecule has 0 aliphatic rings. The second-order valence-corrected chi connectivity index (χ2v) is 9.65. The van der Waals surface area contributed by atoms with Gasteiger partial charge in [-0.2, -0.15) is 0 Å². The summed E-state index contributed by atoms with van der Waals surface area (Å²) in [5.74, 6) is -3.78. The van der Waals surface area contributed by atoms with Crippen molar-refractivity contribution in [1.29, 1.82) is 0 Å². The summed E-state index contributed by atoms with van der Waals surface area (Å²) in [6.07, 6.45) is 7.93. The summed E-state index contributed by atoms with van der Waals surface area (Å²) >= 11 is 0. The molecule has 2 atom stereocenters. The van der Waals surface area contributed by atoms with E-state index < -0.39 is 41.7 Å². The second-order valence-electron chi connectivity index (χ2n) is 9.65. The maximum absolute atomic E-state index is 12.1.